The minimum Gasteiger partial charge on any atom is -0.520 e. The van der Waals surface area contributed by atoms with Crippen molar-refractivity contribution in [3.63, 3.8) is 0 Å². The van der Waals surface area contributed by atoms with Crippen molar-refractivity contribution < 1.29 is 9.31 Å². The Hall–Kier alpha value is -1.38. The molecule has 0 atom stereocenters. The number of para-hydroxylation sites is 2. The molecule has 1 aromatic carbocycles. The van der Waals surface area contributed by atoms with Gasteiger partial charge in [0.25, 0.3) is 0 Å². The molecule has 19 heavy (non-hydrogen) atoms. The lowest BCUT2D eigenvalue weighted by atomic mass is 9.89. The third kappa shape index (κ3) is 4.66. The van der Waals surface area contributed by atoms with E-state index in [0.29, 0.717) is 0 Å². The molecule has 102 valence electrons. The molecule has 2 rings (SSSR count). The average molecular weight is 258 g/mol. The highest BCUT2D eigenvalue weighted by Gasteiger charge is 2.28. The summed E-state index contributed by atoms with van der Waals surface area (Å²) in [5, 5.41) is 0. The first kappa shape index (κ1) is 14.0. The van der Waals surface area contributed by atoms with Crippen molar-refractivity contribution in [2.45, 2.75) is 51.9 Å². The van der Waals surface area contributed by atoms with Crippen LogP contribution >= 0.6 is 0 Å². The normalized spacial score (nSPS) is 13.4. The van der Waals surface area contributed by atoms with Crippen molar-refractivity contribution in [3.8, 4) is 11.5 Å². The molecule has 0 radical (unpaired) electrons. The Bertz CT molecular complexity index is 378. The molecule has 1 aliphatic rings. The molecule has 0 aliphatic carbocycles. The number of unbranched alkanes of at least 4 members (excludes halogenated alkanes) is 6. The minimum atomic E-state index is -0.238. The Morgan fingerprint density at radius 1 is 0.947 bits per heavy atom. The molecule has 0 aromatic heterocycles. The van der Waals surface area contributed by atoms with Gasteiger partial charge < -0.3 is 9.31 Å². The van der Waals surface area contributed by atoms with E-state index in [1.807, 2.05) is 30.2 Å². The maximum atomic E-state index is 5.66. The van der Waals surface area contributed by atoms with Gasteiger partial charge in [0.15, 0.2) is 0 Å². The maximum Gasteiger partial charge on any atom is 0.624 e. The topological polar surface area (TPSA) is 18.5 Å². The average Bonchev–Trinajstić information content (AvgIpc) is 2.84. The predicted molar refractivity (Wildman–Crippen MR) is 80.6 cm³/mol. The van der Waals surface area contributed by atoms with Crippen molar-refractivity contribution in [1.29, 1.82) is 0 Å². The van der Waals surface area contributed by atoms with Gasteiger partial charge in [0.1, 0.15) is 11.5 Å². The first-order chi connectivity index (χ1) is 9.40. The van der Waals surface area contributed by atoms with Crippen LogP contribution in [0.3, 0.4) is 0 Å². The van der Waals surface area contributed by atoms with E-state index >= 15 is 0 Å². The van der Waals surface area contributed by atoms with Crippen LogP contribution in [0.15, 0.2) is 36.3 Å². The van der Waals surface area contributed by atoms with E-state index < -0.39 is 0 Å². The molecule has 0 fully saturated rings. The minimum absolute atomic E-state index is 0.238. The van der Waals surface area contributed by atoms with E-state index in [1.165, 1.54) is 38.5 Å². The second-order valence-electron chi connectivity index (χ2n) is 5.04. The zero-order valence-corrected chi connectivity index (χ0v) is 11.8. The smallest absolute Gasteiger partial charge is 0.520 e. The van der Waals surface area contributed by atoms with Gasteiger partial charge in [-0.2, -0.15) is 0 Å². The molecule has 0 spiro atoms. The van der Waals surface area contributed by atoms with Crippen molar-refractivity contribution >= 4 is 7.12 Å². The van der Waals surface area contributed by atoms with Gasteiger partial charge in [-0.15, -0.1) is 0 Å². The first-order valence-corrected chi connectivity index (χ1v) is 7.49. The molecule has 0 N–H and O–H groups in total. The van der Waals surface area contributed by atoms with E-state index in [0.717, 1.165) is 17.9 Å². The molecule has 1 aliphatic heterocycles. The number of allylic oxidation sites excluding steroid dienone is 1. The molecular weight excluding hydrogens is 235 g/mol. The quantitative estimate of drug-likeness (QED) is 0.493. The summed E-state index contributed by atoms with van der Waals surface area (Å²) in [5.74, 6) is 3.71. The molecule has 0 saturated heterocycles. The van der Waals surface area contributed by atoms with E-state index in [4.69, 9.17) is 9.31 Å². The summed E-state index contributed by atoms with van der Waals surface area (Å²) in [6.07, 6.45) is 11.3. The van der Waals surface area contributed by atoms with Gasteiger partial charge in [0.05, 0.1) is 0 Å². The molecular formula is C16H23BO2. The molecule has 0 amide bonds. The summed E-state index contributed by atoms with van der Waals surface area (Å²) in [6, 6.07) is 7.81. The highest BCUT2D eigenvalue weighted by Crippen LogP contribution is 2.32. The Labute approximate surface area is 117 Å². The summed E-state index contributed by atoms with van der Waals surface area (Å²) in [5.41, 5.74) is 0. The first-order valence-electron chi connectivity index (χ1n) is 7.49. The van der Waals surface area contributed by atoms with E-state index in [2.05, 4.69) is 13.0 Å². The third-order valence-electron chi connectivity index (χ3n) is 3.35. The van der Waals surface area contributed by atoms with Crippen LogP contribution in [0.4, 0.5) is 0 Å². The Kier molecular flexibility index (Phi) is 5.86. The summed E-state index contributed by atoms with van der Waals surface area (Å²) in [7, 11) is -0.238. The summed E-state index contributed by atoms with van der Waals surface area (Å²) >= 11 is 0. The lowest BCUT2D eigenvalue weighted by molar-refractivity contribution is 0.516. The second-order valence-corrected chi connectivity index (χ2v) is 5.04. The van der Waals surface area contributed by atoms with Crippen LogP contribution in [-0.4, -0.2) is 7.12 Å². The molecule has 3 heteroatoms. The van der Waals surface area contributed by atoms with Crippen LogP contribution in [0.5, 0.6) is 11.5 Å². The number of benzene rings is 1. The zero-order chi connectivity index (χ0) is 13.3. The Morgan fingerprint density at radius 3 is 2.26 bits per heavy atom. The Balaban J connectivity index is 1.58. The highest BCUT2D eigenvalue weighted by molar-refractivity contribution is 6.53. The number of rotatable bonds is 8. The fourth-order valence-corrected chi connectivity index (χ4v) is 2.25. The molecule has 0 unspecified atom stereocenters. The number of fused-ring (bicyclic) bond motifs is 1. The highest BCUT2D eigenvalue weighted by atomic mass is 16.6. The summed E-state index contributed by atoms with van der Waals surface area (Å²) in [4.78, 5) is 0. The van der Waals surface area contributed by atoms with Crippen molar-refractivity contribution in [3.05, 3.63) is 36.3 Å². The fourth-order valence-electron chi connectivity index (χ4n) is 2.25. The SMILES string of the molecule is CCCCCCCC/C=C/B1Oc2ccccc2O1. The lowest BCUT2D eigenvalue weighted by Crippen LogP contribution is -2.21. The molecule has 0 bridgehead atoms. The van der Waals surface area contributed by atoms with Crippen LogP contribution in [0, 0.1) is 0 Å². The molecule has 2 nitrogen and oxygen atoms in total. The van der Waals surface area contributed by atoms with Crippen LogP contribution in [0.25, 0.3) is 0 Å². The van der Waals surface area contributed by atoms with Crippen LogP contribution < -0.4 is 9.31 Å². The molecule has 0 saturated carbocycles. The van der Waals surface area contributed by atoms with Gasteiger partial charge in [0.2, 0.25) is 0 Å². The van der Waals surface area contributed by atoms with Crippen molar-refractivity contribution in [2.75, 3.05) is 0 Å². The summed E-state index contributed by atoms with van der Waals surface area (Å²) < 4.78 is 11.3. The van der Waals surface area contributed by atoms with Gasteiger partial charge in [-0.3, -0.25) is 0 Å². The van der Waals surface area contributed by atoms with Gasteiger partial charge in [-0.25, -0.2) is 0 Å². The van der Waals surface area contributed by atoms with Gasteiger partial charge in [-0.1, -0.05) is 57.2 Å². The second kappa shape index (κ2) is 7.93. The van der Waals surface area contributed by atoms with Gasteiger partial charge >= 0.3 is 7.12 Å². The number of hydrogen-bond donors (Lipinski definition) is 0. The van der Waals surface area contributed by atoms with E-state index in [9.17, 15) is 0 Å². The van der Waals surface area contributed by atoms with Crippen LogP contribution in [0.2, 0.25) is 0 Å². The third-order valence-corrected chi connectivity index (χ3v) is 3.35. The van der Waals surface area contributed by atoms with Crippen molar-refractivity contribution in [2.24, 2.45) is 0 Å². The molecule has 1 aromatic rings. The summed E-state index contributed by atoms with van der Waals surface area (Å²) in [6.45, 7) is 2.25. The van der Waals surface area contributed by atoms with Gasteiger partial charge in [-0.05, 0) is 30.9 Å². The standard InChI is InChI=1S/C16H23BO2/c1-2-3-4-5-6-7-8-11-14-17-18-15-12-9-10-13-16(15)19-17/h9-14H,2-8H2,1H3/b14-11+. The molecule has 1 heterocycles. The largest absolute Gasteiger partial charge is 0.624 e. The van der Waals surface area contributed by atoms with Crippen molar-refractivity contribution in [1.82, 2.24) is 0 Å². The maximum absolute atomic E-state index is 5.66. The van der Waals surface area contributed by atoms with Crippen LogP contribution in [0.1, 0.15) is 51.9 Å². The van der Waals surface area contributed by atoms with Crippen LogP contribution in [-0.2, 0) is 0 Å². The van der Waals surface area contributed by atoms with E-state index in [1.54, 1.807) is 0 Å². The number of hydrogen-bond acceptors (Lipinski definition) is 2. The lowest BCUT2D eigenvalue weighted by Gasteiger charge is -1.99. The Morgan fingerprint density at radius 2 is 1.58 bits per heavy atom. The predicted octanol–water partition coefficient (Wildman–Crippen LogP) is 4.79. The monoisotopic (exact) mass is 258 g/mol. The fraction of sp³-hybridized carbons (Fsp3) is 0.500. The van der Waals surface area contributed by atoms with Gasteiger partial charge in [0, 0.05) is 0 Å². The van der Waals surface area contributed by atoms with E-state index in [-0.39, 0.29) is 7.12 Å². The zero-order valence-electron chi connectivity index (χ0n) is 11.8.